The van der Waals surface area contributed by atoms with Gasteiger partial charge >= 0.3 is 0 Å². The number of halogens is 1. The minimum Gasteiger partial charge on any atom is -0.0843 e. The summed E-state index contributed by atoms with van der Waals surface area (Å²) >= 11 is 6.08. The molecule has 1 heteroatoms. The summed E-state index contributed by atoms with van der Waals surface area (Å²) in [4.78, 5) is 0. The Morgan fingerprint density at radius 1 is 0.400 bits per heavy atom. The van der Waals surface area contributed by atoms with Crippen LogP contribution in [0.15, 0.2) is 103 Å². The monoisotopic (exact) mass is 340 g/mol. The molecule has 0 amide bonds. The van der Waals surface area contributed by atoms with Crippen LogP contribution < -0.4 is 0 Å². The second-order valence-corrected chi connectivity index (χ2v) is 6.44. The highest BCUT2D eigenvalue weighted by molar-refractivity contribution is 6.30. The molecule has 0 aliphatic heterocycles. The van der Waals surface area contributed by atoms with Crippen molar-refractivity contribution in [2.75, 3.05) is 0 Å². The summed E-state index contributed by atoms with van der Waals surface area (Å²) in [6.45, 7) is 0. The zero-order valence-corrected chi connectivity index (χ0v) is 14.4. The summed E-state index contributed by atoms with van der Waals surface area (Å²) in [6, 6.07) is 35.7. The quantitative estimate of drug-likeness (QED) is 0.366. The minimum atomic E-state index is 0.754. The Balaban J connectivity index is 1.91. The molecule has 0 spiro atoms. The molecule has 0 N–H and O–H groups in total. The maximum absolute atomic E-state index is 6.08. The van der Waals surface area contributed by atoms with Gasteiger partial charge in [-0.1, -0.05) is 96.5 Å². The average molecular weight is 341 g/mol. The summed E-state index contributed by atoms with van der Waals surface area (Å²) in [5.74, 6) is 0. The molecule has 4 rings (SSSR count). The van der Waals surface area contributed by atoms with Crippen LogP contribution in [0.2, 0.25) is 5.02 Å². The van der Waals surface area contributed by atoms with Crippen LogP contribution in [-0.4, -0.2) is 0 Å². The van der Waals surface area contributed by atoms with Crippen molar-refractivity contribution < 1.29 is 0 Å². The Labute approximate surface area is 153 Å². The second-order valence-electron chi connectivity index (χ2n) is 6.00. The Bertz CT molecular complexity index is 971. The van der Waals surface area contributed by atoms with Gasteiger partial charge in [0.1, 0.15) is 0 Å². The van der Waals surface area contributed by atoms with Gasteiger partial charge in [-0.05, 0) is 51.6 Å². The standard InChI is InChI=1S/C24H17Cl/c25-22-14-11-20(12-15-22)24-17-21(18-7-3-1-4-8-18)13-16-23(24)19-9-5-2-6-10-19/h1-17H. The molecule has 0 heterocycles. The molecule has 0 atom stereocenters. The molecule has 4 aromatic carbocycles. The van der Waals surface area contributed by atoms with Crippen molar-refractivity contribution in [3.63, 3.8) is 0 Å². The summed E-state index contributed by atoms with van der Waals surface area (Å²) < 4.78 is 0. The fourth-order valence-electron chi connectivity index (χ4n) is 3.09. The lowest BCUT2D eigenvalue weighted by molar-refractivity contribution is 1.56. The fraction of sp³-hybridized carbons (Fsp3) is 0. The number of rotatable bonds is 3. The van der Waals surface area contributed by atoms with E-state index >= 15 is 0 Å². The summed E-state index contributed by atoms with van der Waals surface area (Å²) in [5, 5.41) is 0.754. The number of benzene rings is 4. The third-order valence-electron chi connectivity index (χ3n) is 4.37. The molecule has 25 heavy (non-hydrogen) atoms. The predicted octanol–water partition coefficient (Wildman–Crippen LogP) is 7.34. The highest BCUT2D eigenvalue weighted by Crippen LogP contribution is 2.36. The Kier molecular flexibility index (Phi) is 4.37. The largest absolute Gasteiger partial charge is 0.0843 e. The third kappa shape index (κ3) is 3.35. The van der Waals surface area contributed by atoms with E-state index in [-0.39, 0.29) is 0 Å². The van der Waals surface area contributed by atoms with E-state index in [4.69, 9.17) is 11.6 Å². The van der Waals surface area contributed by atoms with Gasteiger partial charge in [0.05, 0.1) is 0 Å². The Morgan fingerprint density at radius 3 is 1.56 bits per heavy atom. The molecule has 0 aliphatic rings. The van der Waals surface area contributed by atoms with Crippen LogP contribution in [0, 0.1) is 0 Å². The first-order valence-corrected chi connectivity index (χ1v) is 8.70. The number of hydrogen-bond donors (Lipinski definition) is 0. The van der Waals surface area contributed by atoms with Crippen LogP contribution in [0.25, 0.3) is 33.4 Å². The molecule has 0 nitrogen and oxygen atoms in total. The first-order valence-electron chi connectivity index (χ1n) is 8.32. The molecular weight excluding hydrogens is 324 g/mol. The first kappa shape index (κ1) is 15.7. The minimum absolute atomic E-state index is 0.754. The SMILES string of the molecule is Clc1ccc(-c2cc(-c3ccccc3)ccc2-c2ccccc2)cc1. The van der Waals surface area contributed by atoms with Crippen LogP contribution in [0.4, 0.5) is 0 Å². The van der Waals surface area contributed by atoms with E-state index in [1.807, 2.05) is 24.3 Å². The van der Waals surface area contributed by atoms with Crippen LogP contribution in [0.5, 0.6) is 0 Å². The van der Waals surface area contributed by atoms with E-state index in [9.17, 15) is 0 Å². The first-order chi connectivity index (χ1) is 12.3. The molecule has 120 valence electrons. The molecule has 0 fully saturated rings. The van der Waals surface area contributed by atoms with Crippen LogP contribution in [0.3, 0.4) is 0 Å². The zero-order valence-electron chi connectivity index (χ0n) is 13.7. The molecular formula is C24H17Cl. The molecule has 0 unspecified atom stereocenters. The van der Waals surface area contributed by atoms with Crippen molar-refractivity contribution in [2.24, 2.45) is 0 Å². The maximum Gasteiger partial charge on any atom is 0.0406 e. The van der Waals surface area contributed by atoms with E-state index in [0.29, 0.717) is 0 Å². The van der Waals surface area contributed by atoms with E-state index in [0.717, 1.165) is 5.02 Å². The molecule has 0 aliphatic carbocycles. The molecule has 0 radical (unpaired) electrons. The van der Waals surface area contributed by atoms with Gasteiger partial charge in [0.15, 0.2) is 0 Å². The van der Waals surface area contributed by atoms with Gasteiger partial charge in [-0.3, -0.25) is 0 Å². The van der Waals surface area contributed by atoms with Crippen molar-refractivity contribution in [1.82, 2.24) is 0 Å². The van der Waals surface area contributed by atoms with Crippen LogP contribution in [0.1, 0.15) is 0 Å². The van der Waals surface area contributed by atoms with Gasteiger partial charge in [-0.25, -0.2) is 0 Å². The topological polar surface area (TPSA) is 0 Å². The summed E-state index contributed by atoms with van der Waals surface area (Å²) in [7, 11) is 0. The molecule has 0 saturated heterocycles. The Morgan fingerprint density at radius 2 is 0.920 bits per heavy atom. The lowest BCUT2D eigenvalue weighted by Gasteiger charge is -2.13. The van der Waals surface area contributed by atoms with Crippen molar-refractivity contribution in [2.45, 2.75) is 0 Å². The van der Waals surface area contributed by atoms with Crippen molar-refractivity contribution in [1.29, 1.82) is 0 Å². The normalized spacial score (nSPS) is 10.6. The Hall–Kier alpha value is -2.83. The van der Waals surface area contributed by atoms with E-state index in [1.165, 1.54) is 33.4 Å². The molecule has 0 saturated carbocycles. The highest BCUT2D eigenvalue weighted by Gasteiger charge is 2.09. The lowest BCUT2D eigenvalue weighted by atomic mass is 9.91. The second kappa shape index (κ2) is 6.96. The lowest BCUT2D eigenvalue weighted by Crippen LogP contribution is -1.87. The van der Waals surface area contributed by atoms with E-state index in [1.54, 1.807) is 0 Å². The van der Waals surface area contributed by atoms with Gasteiger partial charge in [0, 0.05) is 5.02 Å². The highest BCUT2D eigenvalue weighted by atomic mass is 35.5. The van der Waals surface area contributed by atoms with Gasteiger partial charge in [0.2, 0.25) is 0 Å². The maximum atomic E-state index is 6.08. The van der Waals surface area contributed by atoms with Crippen LogP contribution in [-0.2, 0) is 0 Å². The van der Waals surface area contributed by atoms with Crippen LogP contribution >= 0.6 is 11.6 Å². The van der Waals surface area contributed by atoms with Gasteiger partial charge in [0.25, 0.3) is 0 Å². The zero-order chi connectivity index (χ0) is 17.1. The van der Waals surface area contributed by atoms with E-state index in [2.05, 4.69) is 78.9 Å². The van der Waals surface area contributed by atoms with Gasteiger partial charge < -0.3 is 0 Å². The summed E-state index contributed by atoms with van der Waals surface area (Å²) in [6.07, 6.45) is 0. The molecule has 0 aromatic heterocycles. The number of hydrogen-bond acceptors (Lipinski definition) is 0. The molecule has 0 bridgehead atoms. The fourth-order valence-corrected chi connectivity index (χ4v) is 3.22. The van der Waals surface area contributed by atoms with Gasteiger partial charge in [-0.15, -0.1) is 0 Å². The van der Waals surface area contributed by atoms with Crippen molar-refractivity contribution >= 4 is 11.6 Å². The predicted molar refractivity (Wildman–Crippen MR) is 108 cm³/mol. The third-order valence-corrected chi connectivity index (χ3v) is 4.62. The van der Waals surface area contributed by atoms with Crippen molar-refractivity contribution in [3.8, 4) is 33.4 Å². The van der Waals surface area contributed by atoms with Crippen molar-refractivity contribution in [3.05, 3.63) is 108 Å². The van der Waals surface area contributed by atoms with E-state index < -0.39 is 0 Å². The average Bonchev–Trinajstić information content (AvgIpc) is 2.69. The molecule has 4 aromatic rings. The smallest absolute Gasteiger partial charge is 0.0406 e. The summed E-state index contributed by atoms with van der Waals surface area (Å²) in [5.41, 5.74) is 7.25. The van der Waals surface area contributed by atoms with Gasteiger partial charge in [-0.2, -0.15) is 0 Å².